The first-order chi connectivity index (χ1) is 10.8. The van der Waals surface area contributed by atoms with Gasteiger partial charge in [-0.25, -0.2) is 4.98 Å². The largest absolute Gasteiger partial charge is 0.327 e. The molecule has 1 N–H and O–H groups in total. The number of nitriles is 1. The van der Waals surface area contributed by atoms with Crippen molar-refractivity contribution in [1.29, 1.82) is 5.26 Å². The van der Waals surface area contributed by atoms with Gasteiger partial charge in [-0.1, -0.05) is 18.2 Å². The van der Waals surface area contributed by atoms with E-state index in [9.17, 15) is 0 Å². The first-order valence-corrected chi connectivity index (χ1v) is 7.55. The van der Waals surface area contributed by atoms with Gasteiger partial charge in [0, 0.05) is 26.1 Å². The van der Waals surface area contributed by atoms with Gasteiger partial charge in [-0.15, -0.1) is 0 Å². The predicted octanol–water partition coefficient (Wildman–Crippen LogP) is 2.72. The number of imidazole rings is 1. The molecule has 0 amide bonds. The van der Waals surface area contributed by atoms with E-state index in [1.807, 2.05) is 24.3 Å². The second-order valence-electron chi connectivity index (χ2n) is 5.57. The van der Waals surface area contributed by atoms with Crippen LogP contribution in [0.15, 0.2) is 42.5 Å². The Kier molecular flexibility index (Phi) is 3.14. The van der Waals surface area contributed by atoms with E-state index < -0.39 is 0 Å². The SMILES string of the molecule is N#Cc1ccc(-c2ccc3nc4n(c3c2)CCNCC4)cc1. The second-order valence-corrected chi connectivity index (χ2v) is 5.57. The van der Waals surface area contributed by atoms with Gasteiger partial charge in [0.2, 0.25) is 0 Å². The molecule has 4 nitrogen and oxygen atoms in total. The van der Waals surface area contributed by atoms with E-state index in [4.69, 9.17) is 10.2 Å². The maximum atomic E-state index is 8.90. The van der Waals surface area contributed by atoms with Crippen molar-refractivity contribution in [1.82, 2.24) is 14.9 Å². The summed E-state index contributed by atoms with van der Waals surface area (Å²) in [6, 6.07) is 16.3. The van der Waals surface area contributed by atoms with Crippen molar-refractivity contribution in [2.24, 2.45) is 0 Å². The number of aromatic nitrogens is 2. The van der Waals surface area contributed by atoms with E-state index in [0.717, 1.165) is 48.5 Å². The molecule has 22 heavy (non-hydrogen) atoms. The number of nitrogens with one attached hydrogen (secondary N) is 1. The predicted molar refractivity (Wildman–Crippen MR) is 86.5 cm³/mol. The fourth-order valence-corrected chi connectivity index (χ4v) is 3.05. The van der Waals surface area contributed by atoms with Gasteiger partial charge in [-0.05, 0) is 35.4 Å². The Morgan fingerprint density at radius 2 is 1.86 bits per heavy atom. The van der Waals surface area contributed by atoms with Crippen LogP contribution in [-0.4, -0.2) is 22.6 Å². The highest BCUT2D eigenvalue weighted by molar-refractivity contribution is 5.82. The average Bonchev–Trinajstić information content (AvgIpc) is 2.75. The summed E-state index contributed by atoms with van der Waals surface area (Å²) in [5, 5.41) is 12.3. The Hall–Kier alpha value is -2.64. The highest BCUT2D eigenvalue weighted by Crippen LogP contribution is 2.26. The molecule has 4 rings (SSSR count). The minimum Gasteiger partial charge on any atom is -0.327 e. The Morgan fingerprint density at radius 1 is 1.05 bits per heavy atom. The fraction of sp³-hybridized carbons (Fsp3) is 0.222. The number of hydrogen-bond acceptors (Lipinski definition) is 3. The molecule has 1 aliphatic heterocycles. The number of hydrogen-bond donors (Lipinski definition) is 1. The molecule has 0 saturated heterocycles. The van der Waals surface area contributed by atoms with Crippen LogP contribution in [0.3, 0.4) is 0 Å². The molecule has 3 aromatic rings. The second kappa shape index (κ2) is 5.28. The zero-order valence-corrected chi connectivity index (χ0v) is 12.2. The zero-order chi connectivity index (χ0) is 14.9. The van der Waals surface area contributed by atoms with Gasteiger partial charge in [-0.2, -0.15) is 5.26 Å². The molecule has 1 aromatic heterocycles. The van der Waals surface area contributed by atoms with E-state index in [-0.39, 0.29) is 0 Å². The molecule has 1 aliphatic rings. The van der Waals surface area contributed by atoms with Crippen molar-refractivity contribution in [2.75, 3.05) is 13.1 Å². The monoisotopic (exact) mass is 288 g/mol. The molecular weight excluding hydrogens is 272 g/mol. The molecule has 4 heteroatoms. The van der Waals surface area contributed by atoms with E-state index in [0.29, 0.717) is 5.56 Å². The summed E-state index contributed by atoms with van der Waals surface area (Å²) in [5.74, 6) is 1.16. The van der Waals surface area contributed by atoms with Crippen LogP contribution in [0.25, 0.3) is 22.2 Å². The number of nitrogens with zero attached hydrogens (tertiary/aromatic N) is 3. The molecule has 0 bridgehead atoms. The Morgan fingerprint density at radius 3 is 2.68 bits per heavy atom. The summed E-state index contributed by atoms with van der Waals surface area (Å²) in [4.78, 5) is 4.76. The van der Waals surface area contributed by atoms with Crippen molar-refractivity contribution >= 4 is 11.0 Å². The molecule has 0 atom stereocenters. The minimum absolute atomic E-state index is 0.689. The summed E-state index contributed by atoms with van der Waals surface area (Å²) >= 11 is 0. The van der Waals surface area contributed by atoms with Crippen LogP contribution in [0.1, 0.15) is 11.4 Å². The van der Waals surface area contributed by atoms with Gasteiger partial charge >= 0.3 is 0 Å². The summed E-state index contributed by atoms with van der Waals surface area (Å²) in [7, 11) is 0. The standard InChI is InChI=1S/C18H16N4/c19-12-13-1-3-14(4-2-13)15-5-6-16-17(11-15)22-10-9-20-8-7-18(22)21-16/h1-6,11,20H,7-10H2. The lowest BCUT2D eigenvalue weighted by Gasteiger charge is -2.06. The first kappa shape index (κ1) is 13.1. The molecule has 0 unspecified atom stereocenters. The summed E-state index contributed by atoms with van der Waals surface area (Å²) < 4.78 is 2.32. The third-order valence-electron chi connectivity index (χ3n) is 4.21. The third-order valence-corrected chi connectivity index (χ3v) is 4.21. The molecule has 0 radical (unpaired) electrons. The van der Waals surface area contributed by atoms with Gasteiger partial charge < -0.3 is 9.88 Å². The average molecular weight is 288 g/mol. The zero-order valence-electron chi connectivity index (χ0n) is 12.2. The van der Waals surface area contributed by atoms with Gasteiger partial charge in [0.15, 0.2) is 0 Å². The lowest BCUT2D eigenvalue weighted by atomic mass is 10.0. The van der Waals surface area contributed by atoms with Crippen molar-refractivity contribution < 1.29 is 0 Å². The molecule has 2 heterocycles. The lowest BCUT2D eigenvalue weighted by molar-refractivity contribution is 0.657. The lowest BCUT2D eigenvalue weighted by Crippen LogP contribution is -2.17. The van der Waals surface area contributed by atoms with Gasteiger partial charge in [-0.3, -0.25) is 0 Å². The first-order valence-electron chi connectivity index (χ1n) is 7.55. The molecule has 0 spiro atoms. The van der Waals surface area contributed by atoms with Gasteiger partial charge in [0.1, 0.15) is 5.82 Å². The number of fused-ring (bicyclic) bond motifs is 3. The molecule has 2 aromatic carbocycles. The normalized spacial score (nSPS) is 14.3. The van der Waals surface area contributed by atoms with Crippen molar-refractivity contribution in [2.45, 2.75) is 13.0 Å². The van der Waals surface area contributed by atoms with Crippen LogP contribution >= 0.6 is 0 Å². The smallest absolute Gasteiger partial charge is 0.111 e. The van der Waals surface area contributed by atoms with E-state index in [2.05, 4.69) is 34.2 Å². The van der Waals surface area contributed by atoms with Gasteiger partial charge in [0.05, 0.1) is 22.7 Å². The molecular formula is C18H16N4. The van der Waals surface area contributed by atoms with Crippen LogP contribution in [0.5, 0.6) is 0 Å². The quantitative estimate of drug-likeness (QED) is 0.749. The maximum absolute atomic E-state index is 8.90. The fourth-order valence-electron chi connectivity index (χ4n) is 3.05. The maximum Gasteiger partial charge on any atom is 0.111 e. The molecule has 108 valence electrons. The Bertz CT molecular complexity index is 868. The van der Waals surface area contributed by atoms with Crippen molar-refractivity contribution in [3.63, 3.8) is 0 Å². The van der Waals surface area contributed by atoms with Crippen LogP contribution in [-0.2, 0) is 13.0 Å². The van der Waals surface area contributed by atoms with E-state index >= 15 is 0 Å². The minimum atomic E-state index is 0.689. The number of rotatable bonds is 1. The van der Waals surface area contributed by atoms with Gasteiger partial charge in [0.25, 0.3) is 0 Å². The molecule has 0 aliphatic carbocycles. The Balaban J connectivity index is 1.82. The Labute approximate surface area is 129 Å². The van der Waals surface area contributed by atoms with Crippen molar-refractivity contribution in [3.8, 4) is 17.2 Å². The third kappa shape index (κ3) is 2.16. The summed E-state index contributed by atoms with van der Waals surface area (Å²) in [6.45, 7) is 2.94. The van der Waals surface area contributed by atoms with E-state index in [1.54, 1.807) is 0 Å². The highest BCUT2D eigenvalue weighted by atomic mass is 15.1. The van der Waals surface area contributed by atoms with Crippen LogP contribution < -0.4 is 5.32 Å². The molecule has 0 saturated carbocycles. The highest BCUT2D eigenvalue weighted by Gasteiger charge is 2.13. The number of benzene rings is 2. The summed E-state index contributed by atoms with van der Waals surface area (Å²) in [6.07, 6.45) is 0.973. The summed E-state index contributed by atoms with van der Waals surface area (Å²) in [5.41, 5.74) is 5.24. The van der Waals surface area contributed by atoms with Crippen molar-refractivity contribution in [3.05, 3.63) is 53.9 Å². The van der Waals surface area contributed by atoms with Crippen LogP contribution in [0.4, 0.5) is 0 Å². The van der Waals surface area contributed by atoms with Crippen LogP contribution in [0, 0.1) is 11.3 Å². The van der Waals surface area contributed by atoms with Crippen LogP contribution in [0.2, 0.25) is 0 Å². The topological polar surface area (TPSA) is 53.6 Å². The molecule has 0 fully saturated rings. The van der Waals surface area contributed by atoms with E-state index in [1.165, 1.54) is 5.52 Å².